The predicted octanol–water partition coefficient (Wildman–Crippen LogP) is 1.61. The summed E-state index contributed by atoms with van der Waals surface area (Å²) in [6.07, 6.45) is 4.75. The molecule has 0 spiro atoms. The SMILES string of the molecule is CCc1noc2ncc(S(=O)(=O)NC3CCCC3CN)cc12.Cl. The summed E-state index contributed by atoms with van der Waals surface area (Å²) in [5, 5.41) is 4.54. The molecule has 9 heteroatoms. The summed E-state index contributed by atoms with van der Waals surface area (Å²) in [5.74, 6) is 0.202. The number of fused-ring (bicyclic) bond motifs is 1. The Bertz CT molecular complexity index is 777. The first-order valence-electron chi connectivity index (χ1n) is 7.52. The van der Waals surface area contributed by atoms with Crippen molar-refractivity contribution in [3.05, 3.63) is 18.0 Å². The van der Waals surface area contributed by atoms with E-state index in [1.807, 2.05) is 6.92 Å². The van der Waals surface area contributed by atoms with E-state index in [0.717, 1.165) is 19.3 Å². The van der Waals surface area contributed by atoms with Crippen molar-refractivity contribution in [1.29, 1.82) is 0 Å². The zero-order chi connectivity index (χ0) is 15.7. The Morgan fingerprint density at radius 1 is 1.43 bits per heavy atom. The van der Waals surface area contributed by atoms with Gasteiger partial charge in [0.2, 0.25) is 10.0 Å². The number of nitrogens with one attached hydrogen (secondary N) is 1. The minimum atomic E-state index is -3.62. The molecular weight excluding hydrogens is 340 g/mol. The molecule has 128 valence electrons. The normalized spacial score (nSPS) is 21.5. The van der Waals surface area contributed by atoms with Gasteiger partial charge in [0.1, 0.15) is 4.90 Å². The van der Waals surface area contributed by atoms with Gasteiger partial charge in [-0.15, -0.1) is 12.4 Å². The molecule has 0 aliphatic heterocycles. The standard InChI is InChI=1S/C14H20N4O3S.ClH/c1-2-12-11-6-10(8-16-14(11)21-17-12)22(19,20)18-13-5-3-4-9(13)7-15;/h6,8-9,13,18H,2-5,7,15H2,1H3;1H. The number of hydrogen-bond donors (Lipinski definition) is 2. The summed E-state index contributed by atoms with van der Waals surface area (Å²) in [7, 11) is -3.62. The van der Waals surface area contributed by atoms with Gasteiger partial charge in [0.15, 0.2) is 0 Å². The number of sulfonamides is 1. The Morgan fingerprint density at radius 3 is 2.91 bits per heavy atom. The summed E-state index contributed by atoms with van der Waals surface area (Å²) < 4.78 is 33.0. The maximum atomic E-state index is 12.6. The fourth-order valence-electron chi connectivity index (χ4n) is 3.00. The molecule has 2 aromatic rings. The van der Waals surface area contributed by atoms with Crippen LogP contribution in [0.1, 0.15) is 31.9 Å². The third-order valence-electron chi connectivity index (χ3n) is 4.29. The molecule has 0 radical (unpaired) electrons. The van der Waals surface area contributed by atoms with E-state index in [-0.39, 0.29) is 29.3 Å². The molecule has 3 rings (SSSR count). The van der Waals surface area contributed by atoms with Crippen molar-refractivity contribution in [3.63, 3.8) is 0 Å². The van der Waals surface area contributed by atoms with Gasteiger partial charge in [0.05, 0.1) is 17.3 Å². The zero-order valence-electron chi connectivity index (χ0n) is 12.9. The zero-order valence-corrected chi connectivity index (χ0v) is 14.5. The fraction of sp³-hybridized carbons (Fsp3) is 0.571. The maximum Gasteiger partial charge on any atom is 0.258 e. The minimum absolute atomic E-state index is 0. The summed E-state index contributed by atoms with van der Waals surface area (Å²) in [6, 6.07) is 1.48. The van der Waals surface area contributed by atoms with Crippen LogP contribution in [-0.2, 0) is 16.4 Å². The van der Waals surface area contributed by atoms with E-state index in [2.05, 4.69) is 14.9 Å². The largest absolute Gasteiger partial charge is 0.336 e. The minimum Gasteiger partial charge on any atom is -0.336 e. The highest BCUT2D eigenvalue weighted by Gasteiger charge is 2.30. The molecule has 0 bridgehead atoms. The van der Waals surface area contributed by atoms with E-state index >= 15 is 0 Å². The highest BCUT2D eigenvalue weighted by Crippen LogP contribution is 2.27. The monoisotopic (exact) mass is 360 g/mol. The van der Waals surface area contributed by atoms with Crippen molar-refractivity contribution < 1.29 is 12.9 Å². The van der Waals surface area contributed by atoms with Gasteiger partial charge in [-0.1, -0.05) is 18.5 Å². The van der Waals surface area contributed by atoms with Crippen LogP contribution in [0.4, 0.5) is 0 Å². The number of halogens is 1. The first-order chi connectivity index (χ1) is 10.5. The van der Waals surface area contributed by atoms with Crippen LogP contribution in [0, 0.1) is 5.92 Å². The van der Waals surface area contributed by atoms with Crippen molar-refractivity contribution >= 4 is 33.5 Å². The second-order valence-electron chi connectivity index (χ2n) is 5.66. The van der Waals surface area contributed by atoms with E-state index in [1.165, 1.54) is 6.20 Å². The predicted molar refractivity (Wildman–Crippen MR) is 88.9 cm³/mol. The molecule has 1 aliphatic carbocycles. The second kappa shape index (κ2) is 7.12. The summed E-state index contributed by atoms with van der Waals surface area (Å²) >= 11 is 0. The summed E-state index contributed by atoms with van der Waals surface area (Å²) in [6.45, 7) is 2.43. The van der Waals surface area contributed by atoms with Crippen molar-refractivity contribution in [2.45, 2.75) is 43.5 Å². The van der Waals surface area contributed by atoms with Crippen LogP contribution in [0.15, 0.2) is 21.7 Å². The van der Waals surface area contributed by atoms with Gasteiger partial charge in [-0.05, 0) is 37.8 Å². The highest BCUT2D eigenvalue weighted by molar-refractivity contribution is 7.89. The van der Waals surface area contributed by atoms with E-state index < -0.39 is 10.0 Å². The molecule has 3 N–H and O–H groups in total. The Labute approximate surface area is 141 Å². The lowest BCUT2D eigenvalue weighted by molar-refractivity contribution is 0.439. The van der Waals surface area contributed by atoms with Crippen LogP contribution in [0.3, 0.4) is 0 Å². The van der Waals surface area contributed by atoms with E-state index in [1.54, 1.807) is 6.07 Å². The number of aromatic nitrogens is 2. The molecule has 1 fully saturated rings. The van der Waals surface area contributed by atoms with Crippen LogP contribution in [-0.4, -0.2) is 31.1 Å². The van der Waals surface area contributed by atoms with Gasteiger partial charge in [-0.25, -0.2) is 18.1 Å². The molecule has 1 saturated carbocycles. The Balaban J connectivity index is 0.00000192. The third kappa shape index (κ3) is 3.50. The Hall–Kier alpha value is -1.22. The average molecular weight is 361 g/mol. The number of pyridine rings is 1. The Morgan fingerprint density at radius 2 is 2.22 bits per heavy atom. The van der Waals surface area contributed by atoms with Crippen molar-refractivity contribution in [2.24, 2.45) is 11.7 Å². The van der Waals surface area contributed by atoms with Crippen LogP contribution in [0.2, 0.25) is 0 Å². The first kappa shape index (κ1) is 18.1. The van der Waals surface area contributed by atoms with E-state index in [0.29, 0.717) is 29.8 Å². The molecule has 2 atom stereocenters. The summed E-state index contributed by atoms with van der Waals surface area (Å²) in [4.78, 5) is 4.20. The Kier molecular flexibility index (Phi) is 5.61. The lowest BCUT2D eigenvalue weighted by Crippen LogP contribution is -2.39. The third-order valence-corrected chi connectivity index (χ3v) is 5.75. The molecule has 2 unspecified atom stereocenters. The topological polar surface area (TPSA) is 111 Å². The van der Waals surface area contributed by atoms with E-state index in [4.69, 9.17) is 10.3 Å². The lowest BCUT2D eigenvalue weighted by Gasteiger charge is -2.19. The quantitative estimate of drug-likeness (QED) is 0.837. The molecule has 7 nitrogen and oxygen atoms in total. The van der Waals surface area contributed by atoms with Gasteiger partial charge < -0.3 is 10.3 Å². The number of hydrogen-bond acceptors (Lipinski definition) is 6. The lowest BCUT2D eigenvalue weighted by atomic mass is 10.1. The molecule has 1 aliphatic rings. The van der Waals surface area contributed by atoms with Crippen molar-refractivity contribution in [2.75, 3.05) is 6.54 Å². The van der Waals surface area contributed by atoms with Gasteiger partial charge in [-0.3, -0.25) is 0 Å². The van der Waals surface area contributed by atoms with Crippen molar-refractivity contribution in [3.8, 4) is 0 Å². The van der Waals surface area contributed by atoms with Gasteiger partial charge >= 0.3 is 0 Å². The number of aryl methyl sites for hydroxylation is 1. The number of nitrogens with two attached hydrogens (primary N) is 1. The average Bonchev–Trinajstić information content (AvgIpc) is 3.11. The molecule has 0 aromatic carbocycles. The maximum absolute atomic E-state index is 12.6. The molecular formula is C14H21ClN4O3S. The number of rotatable bonds is 5. The van der Waals surface area contributed by atoms with Gasteiger partial charge in [-0.2, -0.15) is 0 Å². The van der Waals surface area contributed by atoms with Crippen LogP contribution in [0.5, 0.6) is 0 Å². The number of nitrogens with zero attached hydrogens (tertiary/aromatic N) is 2. The van der Waals surface area contributed by atoms with Crippen LogP contribution in [0.25, 0.3) is 11.1 Å². The first-order valence-corrected chi connectivity index (χ1v) is 9.00. The van der Waals surface area contributed by atoms with Crippen molar-refractivity contribution in [1.82, 2.24) is 14.9 Å². The molecule has 0 amide bonds. The molecule has 2 aromatic heterocycles. The molecule has 23 heavy (non-hydrogen) atoms. The van der Waals surface area contributed by atoms with Gasteiger partial charge in [0, 0.05) is 6.04 Å². The molecule has 2 heterocycles. The second-order valence-corrected chi connectivity index (χ2v) is 7.38. The summed E-state index contributed by atoms with van der Waals surface area (Å²) in [5.41, 5.74) is 6.78. The highest BCUT2D eigenvalue weighted by atomic mass is 35.5. The fourth-order valence-corrected chi connectivity index (χ4v) is 4.31. The van der Waals surface area contributed by atoms with E-state index in [9.17, 15) is 8.42 Å². The van der Waals surface area contributed by atoms with Crippen LogP contribution >= 0.6 is 12.4 Å². The smallest absolute Gasteiger partial charge is 0.258 e. The van der Waals surface area contributed by atoms with Gasteiger partial charge in [0.25, 0.3) is 5.71 Å². The molecule has 0 saturated heterocycles. The van der Waals surface area contributed by atoms with Crippen LogP contribution < -0.4 is 10.5 Å².